The van der Waals surface area contributed by atoms with Gasteiger partial charge in [0.25, 0.3) is 0 Å². The zero-order chi connectivity index (χ0) is 26.0. The van der Waals surface area contributed by atoms with Gasteiger partial charge in [0.1, 0.15) is 18.1 Å². The van der Waals surface area contributed by atoms with Crippen LogP contribution in [0.15, 0.2) is 17.5 Å². The maximum atomic E-state index is 13.1. The van der Waals surface area contributed by atoms with E-state index in [0.29, 0.717) is 31.5 Å². The monoisotopic (exact) mass is 511 g/mol. The minimum Gasteiger partial charge on any atom is -0.480 e. The standard InChI is InChI=1S/C20H33N9O5S/c21-12(7-11-8-24-10-26-11)16(30)28-14(9-35)18(32)29-6-2-4-15(29)17(31)27-13(19(33)34)3-1-5-25-20(22)23/h8,10,12-15,35H,1-7,9,21H2,(H,24,26)(H,27,31)(H,28,30)(H,33,34)(H4,22,23,25). The summed E-state index contributed by atoms with van der Waals surface area (Å²) in [5, 5.41) is 14.5. The molecule has 4 unspecified atom stereocenters. The second kappa shape index (κ2) is 13.5. The van der Waals surface area contributed by atoms with Crippen LogP contribution in [0.1, 0.15) is 31.4 Å². The van der Waals surface area contributed by atoms with Gasteiger partial charge in [0.05, 0.1) is 12.4 Å². The Balaban J connectivity index is 1.97. The van der Waals surface area contributed by atoms with Gasteiger partial charge in [0.2, 0.25) is 17.7 Å². The summed E-state index contributed by atoms with van der Waals surface area (Å²) >= 11 is 4.18. The van der Waals surface area contributed by atoms with Crippen LogP contribution in [0.5, 0.6) is 0 Å². The molecule has 1 aromatic heterocycles. The quantitative estimate of drug-likeness (QED) is 0.0594. The Morgan fingerprint density at radius 3 is 2.63 bits per heavy atom. The van der Waals surface area contributed by atoms with E-state index in [9.17, 15) is 24.3 Å². The highest BCUT2D eigenvalue weighted by atomic mass is 32.1. The maximum absolute atomic E-state index is 13.1. The zero-order valence-corrected chi connectivity index (χ0v) is 20.1. The van der Waals surface area contributed by atoms with E-state index in [1.165, 1.54) is 11.2 Å². The van der Waals surface area contributed by atoms with Crippen molar-refractivity contribution in [3.63, 3.8) is 0 Å². The van der Waals surface area contributed by atoms with Crippen molar-refractivity contribution in [3.8, 4) is 0 Å². The predicted molar refractivity (Wildman–Crippen MR) is 130 cm³/mol. The lowest BCUT2D eigenvalue weighted by Gasteiger charge is -2.29. The number of guanidine groups is 1. The van der Waals surface area contributed by atoms with E-state index in [0.717, 1.165) is 0 Å². The van der Waals surface area contributed by atoms with E-state index < -0.39 is 47.9 Å². The number of nitrogens with zero attached hydrogens (tertiary/aromatic N) is 3. The van der Waals surface area contributed by atoms with Crippen LogP contribution in [0.4, 0.5) is 0 Å². The summed E-state index contributed by atoms with van der Waals surface area (Å²) in [6.45, 7) is 0.515. The van der Waals surface area contributed by atoms with Gasteiger partial charge < -0.3 is 42.8 Å². The first-order valence-electron chi connectivity index (χ1n) is 11.2. The number of carboxylic acids is 1. The number of likely N-dealkylation sites (tertiary alicyclic amines) is 1. The van der Waals surface area contributed by atoms with Gasteiger partial charge in [-0.15, -0.1) is 0 Å². The molecule has 35 heavy (non-hydrogen) atoms. The normalized spacial score (nSPS) is 17.8. The summed E-state index contributed by atoms with van der Waals surface area (Å²) in [5.74, 6) is -2.92. The molecule has 10 N–H and O–H groups in total. The number of hydrogen-bond donors (Lipinski definition) is 8. The molecular weight excluding hydrogens is 478 g/mol. The highest BCUT2D eigenvalue weighted by Crippen LogP contribution is 2.19. The molecule has 3 amide bonds. The minimum atomic E-state index is -1.20. The Bertz CT molecular complexity index is 907. The van der Waals surface area contributed by atoms with Gasteiger partial charge >= 0.3 is 5.97 Å². The average Bonchev–Trinajstić information content (AvgIpc) is 3.50. The smallest absolute Gasteiger partial charge is 0.326 e. The van der Waals surface area contributed by atoms with Gasteiger partial charge in [-0.1, -0.05) is 0 Å². The van der Waals surface area contributed by atoms with Crippen molar-refractivity contribution in [2.24, 2.45) is 22.2 Å². The number of H-pyrrole nitrogens is 1. The van der Waals surface area contributed by atoms with Crippen molar-refractivity contribution >= 4 is 42.3 Å². The fourth-order valence-corrected chi connectivity index (χ4v) is 3.97. The molecule has 0 bridgehead atoms. The fraction of sp³-hybridized carbons (Fsp3) is 0.600. The third-order valence-corrected chi connectivity index (χ3v) is 5.89. The van der Waals surface area contributed by atoms with Crippen molar-refractivity contribution in [2.75, 3.05) is 18.8 Å². The number of aromatic amines is 1. The number of hydrogen-bond acceptors (Lipinski definition) is 8. The number of aliphatic imine (C=N–C) groups is 1. The van der Waals surface area contributed by atoms with Gasteiger partial charge in [-0.3, -0.25) is 19.4 Å². The molecular formula is C20H33N9O5S. The third kappa shape index (κ3) is 8.43. The Hall–Kier alpha value is -3.33. The van der Waals surface area contributed by atoms with Crippen LogP contribution >= 0.6 is 12.6 Å². The first-order chi connectivity index (χ1) is 16.6. The number of imidazole rings is 1. The van der Waals surface area contributed by atoms with Gasteiger partial charge in [-0.25, -0.2) is 9.78 Å². The molecule has 0 saturated carbocycles. The van der Waals surface area contributed by atoms with Gasteiger partial charge in [-0.05, 0) is 25.7 Å². The number of aromatic nitrogens is 2. The number of aliphatic carboxylic acids is 1. The lowest BCUT2D eigenvalue weighted by molar-refractivity contribution is -0.144. The van der Waals surface area contributed by atoms with Crippen LogP contribution in [0.25, 0.3) is 0 Å². The van der Waals surface area contributed by atoms with Crippen LogP contribution < -0.4 is 27.8 Å². The van der Waals surface area contributed by atoms with Crippen molar-refractivity contribution < 1.29 is 24.3 Å². The summed E-state index contributed by atoms with van der Waals surface area (Å²) in [6.07, 6.45) is 4.60. The minimum absolute atomic E-state index is 0.00523. The Morgan fingerprint density at radius 2 is 2.03 bits per heavy atom. The molecule has 0 spiro atoms. The van der Waals surface area contributed by atoms with Crippen LogP contribution in [-0.2, 0) is 25.6 Å². The highest BCUT2D eigenvalue weighted by molar-refractivity contribution is 7.80. The molecule has 14 nitrogen and oxygen atoms in total. The summed E-state index contributed by atoms with van der Waals surface area (Å²) < 4.78 is 0. The predicted octanol–water partition coefficient (Wildman–Crippen LogP) is -2.69. The second-order valence-electron chi connectivity index (χ2n) is 8.17. The lowest BCUT2D eigenvalue weighted by Crippen LogP contribution is -2.57. The molecule has 1 aliphatic heterocycles. The maximum Gasteiger partial charge on any atom is 0.326 e. The summed E-state index contributed by atoms with van der Waals surface area (Å²) in [7, 11) is 0. The molecule has 1 saturated heterocycles. The van der Waals surface area contributed by atoms with Crippen molar-refractivity contribution in [1.82, 2.24) is 25.5 Å². The molecule has 2 heterocycles. The number of thiol groups is 1. The van der Waals surface area contributed by atoms with E-state index in [-0.39, 0.29) is 31.1 Å². The number of rotatable bonds is 13. The molecule has 15 heteroatoms. The average molecular weight is 512 g/mol. The molecule has 1 aromatic rings. The molecule has 194 valence electrons. The molecule has 0 aromatic carbocycles. The lowest BCUT2D eigenvalue weighted by atomic mass is 10.1. The van der Waals surface area contributed by atoms with Crippen LogP contribution in [0, 0.1) is 0 Å². The Labute approximate surface area is 207 Å². The fourth-order valence-electron chi connectivity index (χ4n) is 3.72. The molecule has 0 radical (unpaired) electrons. The molecule has 4 atom stereocenters. The number of nitrogens with one attached hydrogen (secondary N) is 3. The van der Waals surface area contributed by atoms with Gasteiger partial charge in [0, 0.05) is 37.2 Å². The number of nitrogens with two attached hydrogens (primary N) is 3. The zero-order valence-electron chi connectivity index (χ0n) is 19.2. The Morgan fingerprint density at radius 1 is 1.29 bits per heavy atom. The molecule has 1 fully saturated rings. The number of carboxylic acid groups (broad SMARTS) is 1. The van der Waals surface area contributed by atoms with Crippen LogP contribution in [-0.4, -0.2) is 92.6 Å². The van der Waals surface area contributed by atoms with Crippen molar-refractivity contribution in [2.45, 2.75) is 56.3 Å². The van der Waals surface area contributed by atoms with Gasteiger partial charge in [-0.2, -0.15) is 12.6 Å². The summed E-state index contributed by atoms with van der Waals surface area (Å²) in [5.41, 5.74) is 17.1. The van der Waals surface area contributed by atoms with Gasteiger partial charge in [0.15, 0.2) is 5.96 Å². The van der Waals surface area contributed by atoms with E-state index in [4.69, 9.17) is 17.2 Å². The largest absolute Gasteiger partial charge is 0.480 e. The molecule has 1 aliphatic rings. The van der Waals surface area contributed by atoms with E-state index in [1.807, 2.05) is 0 Å². The second-order valence-corrected chi connectivity index (χ2v) is 8.53. The number of carbonyl (C=O) groups is 4. The summed E-state index contributed by atoms with van der Waals surface area (Å²) in [4.78, 5) is 62.0. The third-order valence-electron chi connectivity index (χ3n) is 5.53. The summed E-state index contributed by atoms with van der Waals surface area (Å²) in [6, 6.07) is -3.93. The van der Waals surface area contributed by atoms with E-state index in [1.54, 1.807) is 6.20 Å². The molecule has 2 rings (SSSR count). The Kier molecular flexibility index (Phi) is 10.8. The van der Waals surface area contributed by atoms with E-state index in [2.05, 4.69) is 38.2 Å². The van der Waals surface area contributed by atoms with E-state index >= 15 is 0 Å². The number of carbonyl (C=O) groups excluding carboxylic acids is 3. The van der Waals surface area contributed by atoms with Crippen molar-refractivity contribution in [1.29, 1.82) is 0 Å². The highest BCUT2D eigenvalue weighted by Gasteiger charge is 2.38. The first-order valence-corrected chi connectivity index (χ1v) is 11.8. The molecule has 0 aliphatic carbocycles. The van der Waals surface area contributed by atoms with Crippen LogP contribution in [0.3, 0.4) is 0 Å². The number of amides is 3. The SMILES string of the molecule is NC(N)=NCCCC(NC(=O)C1CCCN1C(=O)C(CS)NC(=O)C(N)Cc1cnc[nH]1)C(=O)O. The van der Waals surface area contributed by atoms with Crippen molar-refractivity contribution in [3.05, 3.63) is 18.2 Å². The first kappa shape index (κ1) is 27.9. The van der Waals surface area contributed by atoms with Crippen LogP contribution in [0.2, 0.25) is 0 Å². The topological polar surface area (TPSA) is 235 Å².